The Morgan fingerprint density at radius 1 is 0.361 bits per heavy atom. The third kappa shape index (κ3) is 4.87. The smallest absolute Gasteiger partial charge is 0.137 e. The van der Waals surface area contributed by atoms with Crippen LogP contribution in [0.1, 0.15) is 25.0 Å². The summed E-state index contributed by atoms with van der Waals surface area (Å²) in [6.45, 7) is 4.74. The predicted octanol–water partition coefficient (Wildman–Crippen LogP) is 15.5. The first-order chi connectivity index (χ1) is 30.0. The number of hydrogen-bond donors (Lipinski definition) is 0. The Hall–Kier alpha value is -7.82. The van der Waals surface area contributed by atoms with Crippen LogP contribution in [0.4, 0.5) is 34.4 Å². The van der Waals surface area contributed by atoms with Crippen molar-refractivity contribution in [1.82, 2.24) is 9.97 Å². The summed E-state index contributed by atoms with van der Waals surface area (Å²) >= 11 is 0. The Balaban J connectivity index is 0.971. The summed E-state index contributed by atoms with van der Waals surface area (Å²) in [5, 5.41) is 15.1. The molecule has 0 unspecified atom stereocenters. The number of aromatic nitrogens is 2. The molecule has 0 atom stereocenters. The van der Waals surface area contributed by atoms with E-state index in [2.05, 4.69) is 194 Å². The number of pyridine rings is 2. The second kappa shape index (κ2) is 12.6. The van der Waals surface area contributed by atoms with Gasteiger partial charge in [-0.3, -0.25) is 9.80 Å². The summed E-state index contributed by atoms with van der Waals surface area (Å²) < 4.78 is 0. The number of fused-ring (bicyclic) bond motifs is 3. The molecule has 2 aromatic heterocycles. The minimum absolute atomic E-state index is 0.298. The summed E-state index contributed by atoms with van der Waals surface area (Å²) in [4.78, 5) is 14.6. The highest BCUT2D eigenvalue weighted by atomic mass is 15.2. The molecule has 0 fully saturated rings. The lowest BCUT2D eigenvalue weighted by Gasteiger charge is -2.29. The van der Waals surface area contributed by atoms with Crippen LogP contribution in [-0.2, 0) is 5.41 Å². The molecule has 61 heavy (non-hydrogen) atoms. The van der Waals surface area contributed by atoms with Gasteiger partial charge < -0.3 is 0 Å². The van der Waals surface area contributed by atoms with Crippen molar-refractivity contribution >= 4 is 99.0 Å². The first-order valence-electron chi connectivity index (χ1n) is 21.1. The van der Waals surface area contributed by atoms with Gasteiger partial charge in [0.2, 0.25) is 0 Å². The van der Waals surface area contributed by atoms with Crippen molar-refractivity contribution in [2.75, 3.05) is 9.80 Å². The molecule has 10 aromatic carbocycles. The minimum Gasteiger partial charge on any atom is -0.294 e. The number of nitrogens with zero attached hydrogens (tertiary/aromatic N) is 4. The molecule has 13 rings (SSSR count). The quantitative estimate of drug-likeness (QED) is 0.157. The molecule has 0 bridgehead atoms. The summed E-state index contributed by atoms with van der Waals surface area (Å²) in [5.41, 5.74) is 9.20. The van der Waals surface area contributed by atoms with E-state index < -0.39 is 0 Å². The van der Waals surface area contributed by atoms with E-state index in [1.165, 1.54) is 86.9 Å². The first-order valence-corrected chi connectivity index (χ1v) is 21.1. The average Bonchev–Trinajstić information content (AvgIpc) is 3.53. The molecule has 0 saturated heterocycles. The van der Waals surface area contributed by atoms with Gasteiger partial charge in [-0.1, -0.05) is 135 Å². The van der Waals surface area contributed by atoms with Crippen LogP contribution in [0.2, 0.25) is 0 Å². The van der Waals surface area contributed by atoms with Gasteiger partial charge in [0.1, 0.15) is 11.6 Å². The molecule has 4 heteroatoms. The first kappa shape index (κ1) is 34.1. The van der Waals surface area contributed by atoms with Gasteiger partial charge in [0, 0.05) is 40.0 Å². The molecule has 0 amide bonds. The molecule has 0 spiro atoms. The SMILES string of the molecule is CC1(C)c2cc(N(c3ccccn3)c3ccc4ccc5cccc6ccc3c4c56)ccc2-c2ccc(N(c3ccccn3)c3ccc4ccc5cccc6ccc3c4c56)cc21. The van der Waals surface area contributed by atoms with Crippen molar-refractivity contribution in [2.24, 2.45) is 0 Å². The van der Waals surface area contributed by atoms with E-state index in [0.29, 0.717) is 0 Å². The Morgan fingerprint density at radius 3 is 1.16 bits per heavy atom. The van der Waals surface area contributed by atoms with E-state index in [1.807, 2.05) is 24.5 Å². The van der Waals surface area contributed by atoms with Crippen molar-refractivity contribution in [3.05, 3.63) is 206 Å². The minimum atomic E-state index is -0.298. The lowest BCUT2D eigenvalue weighted by Crippen LogP contribution is -2.18. The predicted molar refractivity (Wildman–Crippen MR) is 256 cm³/mol. The summed E-state index contributed by atoms with van der Waals surface area (Å²) in [6, 6.07) is 66.7. The van der Waals surface area contributed by atoms with Crippen molar-refractivity contribution in [3.8, 4) is 11.1 Å². The Labute approximate surface area is 353 Å². The standard InChI is InChI=1S/C57H38N4/c1-57(2)47-33-41(60(51-13-3-5-31-58-51)49-29-21-39-17-15-35-9-7-11-37-19-25-45(49)55(39)53(35)37)23-27-43(47)44-28-24-42(34-48(44)57)61(52-14-4-6-32-59-52)50-30-22-40-18-16-36-10-8-12-38-20-26-46(50)56(40)54(36)38/h3-34H,1-2H3. The van der Waals surface area contributed by atoms with Gasteiger partial charge in [-0.2, -0.15) is 0 Å². The maximum atomic E-state index is 4.96. The summed E-state index contributed by atoms with van der Waals surface area (Å²) in [6.07, 6.45) is 3.78. The average molecular weight is 779 g/mol. The molecule has 0 N–H and O–H groups in total. The zero-order chi connectivity index (χ0) is 40.4. The van der Waals surface area contributed by atoms with Crippen LogP contribution in [0.25, 0.3) is 75.8 Å². The second-order valence-corrected chi connectivity index (χ2v) is 17.0. The Kier molecular flexibility index (Phi) is 7.04. The molecular formula is C57H38N4. The fraction of sp³-hybridized carbons (Fsp3) is 0.0526. The van der Waals surface area contributed by atoms with Gasteiger partial charge in [0.25, 0.3) is 0 Å². The highest BCUT2D eigenvalue weighted by molar-refractivity contribution is 6.27. The maximum Gasteiger partial charge on any atom is 0.137 e. The molecule has 286 valence electrons. The van der Waals surface area contributed by atoms with Gasteiger partial charge in [0.15, 0.2) is 0 Å². The van der Waals surface area contributed by atoms with Crippen LogP contribution in [0.3, 0.4) is 0 Å². The lowest BCUT2D eigenvalue weighted by atomic mass is 9.82. The van der Waals surface area contributed by atoms with Gasteiger partial charge in [-0.25, -0.2) is 9.97 Å². The van der Waals surface area contributed by atoms with Crippen molar-refractivity contribution in [2.45, 2.75) is 19.3 Å². The van der Waals surface area contributed by atoms with E-state index in [9.17, 15) is 0 Å². The van der Waals surface area contributed by atoms with E-state index >= 15 is 0 Å². The fourth-order valence-corrected chi connectivity index (χ4v) is 10.6. The number of benzene rings is 10. The lowest BCUT2D eigenvalue weighted by molar-refractivity contribution is 0.660. The van der Waals surface area contributed by atoms with Gasteiger partial charge in [-0.15, -0.1) is 0 Å². The van der Waals surface area contributed by atoms with Crippen molar-refractivity contribution in [1.29, 1.82) is 0 Å². The fourth-order valence-electron chi connectivity index (χ4n) is 10.6. The van der Waals surface area contributed by atoms with Gasteiger partial charge in [0.05, 0.1) is 11.4 Å². The Morgan fingerprint density at radius 2 is 0.754 bits per heavy atom. The molecular weight excluding hydrogens is 741 g/mol. The molecule has 0 saturated carbocycles. The van der Waals surface area contributed by atoms with Crippen LogP contribution in [-0.4, -0.2) is 9.97 Å². The van der Waals surface area contributed by atoms with Crippen LogP contribution < -0.4 is 9.80 Å². The van der Waals surface area contributed by atoms with Gasteiger partial charge >= 0.3 is 0 Å². The van der Waals surface area contributed by atoms with Crippen molar-refractivity contribution in [3.63, 3.8) is 0 Å². The zero-order valence-corrected chi connectivity index (χ0v) is 33.8. The number of rotatable bonds is 6. The molecule has 0 aliphatic heterocycles. The number of hydrogen-bond acceptors (Lipinski definition) is 4. The zero-order valence-electron chi connectivity index (χ0n) is 33.8. The molecule has 1 aliphatic carbocycles. The highest BCUT2D eigenvalue weighted by Crippen LogP contribution is 2.53. The van der Waals surface area contributed by atoms with E-state index in [4.69, 9.17) is 9.97 Å². The largest absolute Gasteiger partial charge is 0.294 e. The Bertz CT molecular complexity index is 3410. The number of anilines is 6. The van der Waals surface area contributed by atoms with Crippen LogP contribution in [0, 0.1) is 0 Å². The molecule has 0 radical (unpaired) electrons. The van der Waals surface area contributed by atoms with E-state index in [-0.39, 0.29) is 5.41 Å². The highest BCUT2D eigenvalue weighted by Gasteiger charge is 2.37. The van der Waals surface area contributed by atoms with E-state index in [0.717, 1.165) is 34.4 Å². The third-order valence-electron chi connectivity index (χ3n) is 13.4. The summed E-state index contributed by atoms with van der Waals surface area (Å²) in [5.74, 6) is 1.76. The normalized spacial score (nSPS) is 13.2. The third-order valence-corrected chi connectivity index (χ3v) is 13.4. The molecule has 2 heterocycles. The van der Waals surface area contributed by atoms with Crippen LogP contribution in [0.5, 0.6) is 0 Å². The summed E-state index contributed by atoms with van der Waals surface area (Å²) in [7, 11) is 0. The van der Waals surface area contributed by atoms with Crippen LogP contribution in [0.15, 0.2) is 194 Å². The monoisotopic (exact) mass is 778 g/mol. The van der Waals surface area contributed by atoms with Crippen molar-refractivity contribution < 1.29 is 0 Å². The molecule has 1 aliphatic rings. The van der Waals surface area contributed by atoms with Gasteiger partial charge in [-0.05, 0) is 137 Å². The van der Waals surface area contributed by atoms with E-state index in [1.54, 1.807) is 0 Å². The van der Waals surface area contributed by atoms with Crippen LogP contribution >= 0.6 is 0 Å². The maximum absolute atomic E-state index is 4.96. The molecule has 12 aromatic rings. The topological polar surface area (TPSA) is 32.3 Å². The second-order valence-electron chi connectivity index (χ2n) is 17.0. The molecule has 4 nitrogen and oxygen atoms in total.